The van der Waals surface area contributed by atoms with E-state index in [1.165, 1.54) is 0 Å². The average Bonchev–Trinajstić information content (AvgIpc) is 2.49. The van der Waals surface area contributed by atoms with E-state index >= 15 is 0 Å². The summed E-state index contributed by atoms with van der Waals surface area (Å²) in [5.41, 5.74) is 9.16. The first-order valence-corrected chi connectivity index (χ1v) is 6.89. The van der Waals surface area contributed by atoms with Gasteiger partial charge >= 0.3 is 0 Å². The smallest absolute Gasteiger partial charge is 0.224 e. The molecule has 0 amide bonds. The van der Waals surface area contributed by atoms with Crippen molar-refractivity contribution in [2.45, 2.75) is 13.5 Å². The van der Waals surface area contributed by atoms with Crippen molar-refractivity contribution in [3.05, 3.63) is 53.1 Å². The largest absolute Gasteiger partial charge is 0.394 e. The molecule has 6 heteroatoms. The molecule has 0 aliphatic rings. The van der Waals surface area contributed by atoms with E-state index in [0.717, 1.165) is 16.5 Å². The number of aryl methyl sites for hydroxylation is 1. The van der Waals surface area contributed by atoms with Gasteiger partial charge in [-0.15, -0.1) is 0 Å². The summed E-state index contributed by atoms with van der Waals surface area (Å²) in [5.74, 6) is 0.542. The monoisotopic (exact) mass is 299 g/mol. The number of aromatic nitrogens is 3. The van der Waals surface area contributed by atoms with Gasteiger partial charge in [-0.25, -0.2) is 4.98 Å². The summed E-state index contributed by atoms with van der Waals surface area (Å²) in [6.07, 6.45) is 1.78. The Kier molecular flexibility index (Phi) is 3.58. The van der Waals surface area contributed by atoms with Gasteiger partial charge in [-0.2, -0.15) is 4.98 Å². The minimum absolute atomic E-state index is 0.181. The number of para-hydroxylation sites is 1. The van der Waals surface area contributed by atoms with Crippen molar-refractivity contribution in [3.63, 3.8) is 0 Å². The molecule has 5 nitrogen and oxygen atoms in total. The van der Waals surface area contributed by atoms with Crippen molar-refractivity contribution in [2.75, 3.05) is 11.1 Å². The molecule has 2 heterocycles. The number of pyridine rings is 1. The molecule has 1 aromatic carbocycles. The topological polar surface area (TPSA) is 76.7 Å². The Hall–Kier alpha value is -2.40. The van der Waals surface area contributed by atoms with Crippen molar-refractivity contribution >= 4 is 34.0 Å². The van der Waals surface area contributed by atoms with Gasteiger partial charge in [-0.3, -0.25) is 4.98 Å². The highest BCUT2D eigenvalue weighted by Crippen LogP contribution is 2.22. The highest BCUT2D eigenvalue weighted by molar-refractivity contribution is 6.28. The average molecular weight is 300 g/mol. The standard InChI is InChI=1S/C15H14ClN5/c1-9-12(17)14(21-15(16)20-9)19-8-11-5-2-4-10-6-3-7-18-13(10)11/h2-7H,8,17H2,1H3,(H,19,20,21). The number of nitrogens with zero attached hydrogens (tertiary/aromatic N) is 3. The summed E-state index contributed by atoms with van der Waals surface area (Å²) in [5, 5.41) is 4.48. The zero-order valence-corrected chi connectivity index (χ0v) is 12.2. The fourth-order valence-electron chi connectivity index (χ4n) is 2.17. The molecular weight excluding hydrogens is 286 g/mol. The van der Waals surface area contributed by atoms with Gasteiger partial charge in [0.15, 0.2) is 5.82 Å². The van der Waals surface area contributed by atoms with Crippen molar-refractivity contribution in [2.24, 2.45) is 0 Å². The van der Waals surface area contributed by atoms with Crippen molar-refractivity contribution < 1.29 is 0 Å². The van der Waals surface area contributed by atoms with Crippen LogP contribution in [-0.4, -0.2) is 15.0 Å². The molecule has 3 N–H and O–H groups in total. The number of nitrogens with one attached hydrogen (secondary N) is 1. The fraction of sp³-hybridized carbons (Fsp3) is 0.133. The van der Waals surface area contributed by atoms with E-state index in [4.69, 9.17) is 17.3 Å². The van der Waals surface area contributed by atoms with Crippen molar-refractivity contribution in [1.29, 1.82) is 0 Å². The first-order chi connectivity index (χ1) is 10.1. The van der Waals surface area contributed by atoms with Gasteiger partial charge in [0, 0.05) is 18.1 Å². The lowest BCUT2D eigenvalue weighted by Gasteiger charge is -2.11. The fourth-order valence-corrected chi connectivity index (χ4v) is 2.38. The van der Waals surface area contributed by atoms with Crippen LogP contribution < -0.4 is 11.1 Å². The van der Waals surface area contributed by atoms with Gasteiger partial charge in [0.25, 0.3) is 0 Å². The third-order valence-electron chi connectivity index (χ3n) is 3.27. The second kappa shape index (κ2) is 5.54. The minimum Gasteiger partial charge on any atom is -0.394 e. The summed E-state index contributed by atoms with van der Waals surface area (Å²) >= 11 is 5.87. The number of nitrogen functional groups attached to an aromatic ring is 1. The zero-order chi connectivity index (χ0) is 14.8. The molecular formula is C15H14ClN5. The Labute approximate surface area is 127 Å². The van der Waals surface area contributed by atoms with Crippen LogP contribution in [0.15, 0.2) is 36.5 Å². The molecule has 0 bridgehead atoms. The van der Waals surface area contributed by atoms with E-state index in [9.17, 15) is 0 Å². The maximum atomic E-state index is 5.97. The van der Waals surface area contributed by atoms with Crippen molar-refractivity contribution in [3.8, 4) is 0 Å². The molecule has 0 radical (unpaired) electrons. The summed E-state index contributed by atoms with van der Waals surface area (Å²) in [7, 11) is 0. The van der Waals surface area contributed by atoms with Crippen LogP contribution in [0.2, 0.25) is 5.28 Å². The number of hydrogen-bond donors (Lipinski definition) is 2. The SMILES string of the molecule is Cc1nc(Cl)nc(NCc2cccc3cccnc23)c1N. The molecule has 2 aromatic heterocycles. The summed E-state index contributed by atoms with van der Waals surface area (Å²) in [6.45, 7) is 2.36. The molecule has 0 saturated carbocycles. The predicted molar refractivity (Wildman–Crippen MR) is 85.3 cm³/mol. The Morgan fingerprint density at radius 2 is 2.00 bits per heavy atom. The van der Waals surface area contributed by atoms with E-state index < -0.39 is 0 Å². The van der Waals surface area contributed by atoms with Crippen LogP contribution in [0.1, 0.15) is 11.3 Å². The maximum absolute atomic E-state index is 5.97. The molecule has 0 saturated heterocycles. The molecule has 0 spiro atoms. The quantitative estimate of drug-likeness (QED) is 0.726. The van der Waals surface area contributed by atoms with E-state index in [1.54, 1.807) is 13.1 Å². The number of rotatable bonds is 3. The molecule has 0 fully saturated rings. The second-order valence-electron chi connectivity index (χ2n) is 4.69. The molecule has 3 aromatic rings. The Bertz CT molecular complexity index is 798. The molecule has 0 unspecified atom stereocenters. The van der Waals surface area contributed by atoms with Gasteiger partial charge in [-0.1, -0.05) is 24.3 Å². The molecule has 106 valence electrons. The van der Waals surface area contributed by atoms with E-state index in [1.807, 2.05) is 30.3 Å². The van der Waals surface area contributed by atoms with Gasteiger partial charge in [-0.05, 0) is 30.2 Å². The lowest BCUT2D eigenvalue weighted by atomic mass is 10.1. The van der Waals surface area contributed by atoms with Crippen LogP contribution in [0.25, 0.3) is 10.9 Å². The van der Waals surface area contributed by atoms with Crippen LogP contribution in [0, 0.1) is 6.92 Å². The van der Waals surface area contributed by atoms with Crippen LogP contribution in [-0.2, 0) is 6.54 Å². The number of benzene rings is 1. The van der Waals surface area contributed by atoms with Gasteiger partial charge < -0.3 is 11.1 Å². The Morgan fingerprint density at radius 1 is 1.19 bits per heavy atom. The number of fused-ring (bicyclic) bond motifs is 1. The van der Waals surface area contributed by atoms with E-state index in [2.05, 4.69) is 20.3 Å². The normalized spacial score (nSPS) is 10.8. The van der Waals surface area contributed by atoms with E-state index in [-0.39, 0.29) is 5.28 Å². The van der Waals surface area contributed by atoms with E-state index in [0.29, 0.717) is 23.7 Å². The zero-order valence-electron chi connectivity index (χ0n) is 11.5. The van der Waals surface area contributed by atoms with Crippen LogP contribution in [0.5, 0.6) is 0 Å². The first-order valence-electron chi connectivity index (χ1n) is 6.51. The number of halogens is 1. The third-order valence-corrected chi connectivity index (χ3v) is 3.44. The van der Waals surface area contributed by atoms with Gasteiger partial charge in [0.1, 0.15) is 0 Å². The first kappa shape index (κ1) is 13.6. The predicted octanol–water partition coefficient (Wildman–Crippen LogP) is 3.18. The molecule has 0 aliphatic heterocycles. The summed E-state index contributed by atoms with van der Waals surface area (Å²) < 4.78 is 0. The Morgan fingerprint density at radius 3 is 2.86 bits per heavy atom. The van der Waals surface area contributed by atoms with Gasteiger partial charge in [0.2, 0.25) is 5.28 Å². The molecule has 21 heavy (non-hydrogen) atoms. The number of anilines is 2. The highest BCUT2D eigenvalue weighted by atomic mass is 35.5. The lowest BCUT2D eigenvalue weighted by Crippen LogP contribution is -2.08. The Balaban J connectivity index is 1.91. The maximum Gasteiger partial charge on any atom is 0.224 e. The van der Waals surface area contributed by atoms with Crippen LogP contribution in [0.3, 0.4) is 0 Å². The van der Waals surface area contributed by atoms with Crippen LogP contribution >= 0.6 is 11.6 Å². The lowest BCUT2D eigenvalue weighted by molar-refractivity contribution is 1.06. The second-order valence-corrected chi connectivity index (χ2v) is 5.02. The molecule has 3 rings (SSSR count). The minimum atomic E-state index is 0.181. The molecule has 0 aliphatic carbocycles. The number of hydrogen-bond acceptors (Lipinski definition) is 5. The summed E-state index contributed by atoms with van der Waals surface area (Å²) in [6, 6.07) is 10.0. The third kappa shape index (κ3) is 2.73. The highest BCUT2D eigenvalue weighted by Gasteiger charge is 2.08. The van der Waals surface area contributed by atoms with Crippen LogP contribution in [0.4, 0.5) is 11.5 Å². The summed E-state index contributed by atoms with van der Waals surface area (Å²) in [4.78, 5) is 12.6. The molecule has 0 atom stereocenters. The van der Waals surface area contributed by atoms with Gasteiger partial charge in [0.05, 0.1) is 16.9 Å². The number of nitrogens with two attached hydrogens (primary N) is 1. The van der Waals surface area contributed by atoms with Crippen molar-refractivity contribution in [1.82, 2.24) is 15.0 Å².